The van der Waals surface area contributed by atoms with Gasteiger partial charge in [0.25, 0.3) is 0 Å². The van der Waals surface area contributed by atoms with Crippen LogP contribution in [0.25, 0.3) is 5.65 Å². The smallest absolute Gasteiger partial charge is 0.322 e. The number of aromatic nitrogens is 3. The normalized spacial score (nSPS) is 12.8. The molecule has 0 radical (unpaired) electrons. The number of hydrogen-bond acceptors (Lipinski definition) is 4. The van der Waals surface area contributed by atoms with E-state index in [1.54, 1.807) is 11.1 Å². The van der Waals surface area contributed by atoms with E-state index in [0.717, 1.165) is 39.5 Å². The summed E-state index contributed by atoms with van der Waals surface area (Å²) in [5.41, 5.74) is 10.5. The van der Waals surface area contributed by atoms with E-state index in [-0.39, 0.29) is 6.03 Å². The lowest BCUT2D eigenvalue weighted by atomic mass is 10.0. The number of benzene rings is 1. The van der Waals surface area contributed by atoms with Gasteiger partial charge in [-0.3, -0.25) is 4.98 Å². The van der Waals surface area contributed by atoms with E-state index in [9.17, 15) is 4.79 Å². The van der Waals surface area contributed by atoms with Crippen molar-refractivity contribution in [1.82, 2.24) is 19.3 Å². The van der Waals surface area contributed by atoms with Gasteiger partial charge in [-0.2, -0.15) is 0 Å². The SMILES string of the molecule is Cc1cccc(C)c1CNc1cc(NC(=O)N2Cc3ccncc3C2)cn2c(C)c(C)nc12. The molecule has 4 heterocycles. The van der Waals surface area contributed by atoms with Crippen LogP contribution in [0.1, 0.15) is 39.2 Å². The van der Waals surface area contributed by atoms with E-state index in [1.165, 1.54) is 16.7 Å². The zero-order valence-corrected chi connectivity index (χ0v) is 19.4. The van der Waals surface area contributed by atoms with E-state index >= 15 is 0 Å². The molecule has 0 unspecified atom stereocenters. The number of carbonyl (C=O) groups is 1. The molecule has 7 nitrogen and oxygen atoms in total. The molecular weight excluding hydrogens is 412 g/mol. The van der Waals surface area contributed by atoms with Crippen LogP contribution in [0, 0.1) is 27.7 Å². The van der Waals surface area contributed by atoms with Gasteiger partial charge in [-0.1, -0.05) is 18.2 Å². The molecule has 2 amide bonds. The van der Waals surface area contributed by atoms with Crippen molar-refractivity contribution in [1.29, 1.82) is 0 Å². The van der Waals surface area contributed by atoms with Gasteiger partial charge in [-0.15, -0.1) is 0 Å². The maximum Gasteiger partial charge on any atom is 0.322 e. The van der Waals surface area contributed by atoms with Gasteiger partial charge in [0.15, 0.2) is 5.65 Å². The highest BCUT2D eigenvalue weighted by Crippen LogP contribution is 2.27. The lowest BCUT2D eigenvalue weighted by Gasteiger charge is -2.18. The molecule has 1 aromatic carbocycles. The van der Waals surface area contributed by atoms with Crippen molar-refractivity contribution >= 4 is 23.1 Å². The Hall–Kier alpha value is -3.87. The molecule has 0 atom stereocenters. The van der Waals surface area contributed by atoms with E-state index in [2.05, 4.69) is 47.7 Å². The standard InChI is InChI=1S/C26H28N6O/c1-16-6-5-7-17(2)23(16)12-28-24-10-22(15-32-19(4)18(3)29-25(24)32)30-26(33)31-13-20-8-9-27-11-21(20)14-31/h5-11,15,28H,12-14H2,1-4H3,(H,30,33). The summed E-state index contributed by atoms with van der Waals surface area (Å²) in [4.78, 5) is 23.8. The molecule has 4 aromatic rings. The topological polar surface area (TPSA) is 74.6 Å². The van der Waals surface area contributed by atoms with Crippen molar-refractivity contribution in [2.75, 3.05) is 10.6 Å². The third-order valence-electron chi connectivity index (χ3n) is 6.56. The Balaban J connectivity index is 1.42. The van der Waals surface area contributed by atoms with Crippen molar-refractivity contribution in [2.24, 2.45) is 0 Å². The van der Waals surface area contributed by atoms with Gasteiger partial charge in [0.2, 0.25) is 0 Å². The fourth-order valence-corrected chi connectivity index (χ4v) is 4.45. The Bertz CT molecular complexity index is 1330. The Morgan fingerprint density at radius 1 is 1.06 bits per heavy atom. The summed E-state index contributed by atoms with van der Waals surface area (Å²) >= 11 is 0. The van der Waals surface area contributed by atoms with Crippen LogP contribution in [0.5, 0.6) is 0 Å². The summed E-state index contributed by atoms with van der Waals surface area (Å²) in [6.07, 6.45) is 5.55. The van der Waals surface area contributed by atoms with Gasteiger partial charge in [-0.25, -0.2) is 9.78 Å². The van der Waals surface area contributed by atoms with Crippen LogP contribution in [-0.4, -0.2) is 25.3 Å². The minimum atomic E-state index is -0.124. The number of pyridine rings is 2. The molecule has 3 aromatic heterocycles. The fraction of sp³-hybridized carbons (Fsp3) is 0.269. The molecular formula is C26H28N6O. The van der Waals surface area contributed by atoms with Crippen molar-refractivity contribution in [2.45, 2.75) is 47.3 Å². The molecule has 5 rings (SSSR count). The fourth-order valence-electron chi connectivity index (χ4n) is 4.45. The first-order valence-electron chi connectivity index (χ1n) is 11.2. The maximum atomic E-state index is 13.0. The first kappa shape index (κ1) is 21.0. The van der Waals surface area contributed by atoms with Crippen molar-refractivity contribution in [3.8, 4) is 0 Å². The van der Waals surface area contributed by atoms with Crippen molar-refractivity contribution < 1.29 is 4.79 Å². The third kappa shape index (κ3) is 3.91. The molecule has 0 saturated heterocycles. The molecule has 168 valence electrons. The number of anilines is 2. The molecule has 33 heavy (non-hydrogen) atoms. The van der Waals surface area contributed by atoms with Crippen molar-refractivity contribution in [3.05, 3.63) is 88.1 Å². The second kappa shape index (κ2) is 8.24. The van der Waals surface area contributed by atoms with E-state index < -0.39 is 0 Å². The summed E-state index contributed by atoms with van der Waals surface area (Å²) in [6.45, 7) is 10.1. The number of imidazole rings is 1. The number of nitrogens with zero attached hydrogens (tertiary/aromatic N) is 4. The quantitative estimate of drug-likeness (QED) is 0.462. The monoisotopic (exact) mass is 440 g/mol. The summed E-state index contributed by atoms with van der Waals surface area (Å²) in [7, 11) is 0. The third-order valence-corrected chi connectivity index (χ3v) is 6.56. The number of nitrogens with one attached hydrogen (secondary N) is 2. The number of urea groups is 1. The highest BCUT2D eigenvalue weighted by molar-refractivity contribution is 5.91. The van der Waals surface area contributed by atoms with Crippen LogP contribution in [0.4, 0.5) is 16.2 Å². The van der Waals surface area contributed by atoms with Crippen LogP contribution in [0.15, 0.2) is 48.9 Å². The number of fused-ring (bicyclic) bond motifs is 2. The Labute approximate surface area is 193 Å². The summed E-state index contributed by atoms with van der Waals surface area (Å²) < 4.78 is 2.04. The van der Waals surface area contributed by atoms with Gasteiger partial charge < -0.3 is 19.9 Å². The van der Waals surface area contributed by atoms with Crippen LogP contribution in [0.2, 0.25) is 0 Å². The molecule has 2 N–H and O–H groups in total. The number of hydrogen-bond donors (Lipinski definition) is 2. The Morgan fingerprint density at radius 2 is 1.82 bits per heavy atom. The zero-order valence-electron chi connectivity index (χ0n) is 19.4. The summed E-state index contributed by atoms with van der Waals surface area (Å²) in [5.74, 6) is 0. The minimum absolute atomic E-state index is 0.124. The molecule has 1 aliphatic heterocycles. The average Bonchev–Trinajstić information content (AvgIpc) is 3.35. The van der Waals surface area contributed by atoms with Gasteiger partial charge in [0, 0.05) is 43.9 Å². The lowest BCUT2D eigenvalue weighted by Crippen LogP contribution is -2.30. The highest BCUT2D eigenvalue weighted by atomic mass is 16.2. The predicted octanol–water partition coefficient (Wildman–Crippen LogP) is 5.12. The van der Waals surface area contributed by atoms with Gasteiger partial charge >= 0.3 is 6.03 Å². The number of aryl methyl sites for hydroxylation is 4. The largest absolute Gasteiger partial charge is 0.378 e. The number of carbonyl (C=O) groups excluding carboxylic acids is 1. The van der Waals surface area contributed by atoms with Gasteiger partial charge in [-0.05, 0) is 67.6 Å². The van der Waals surface area contributed by atoms with Crippen LogP contribution in [-0.2, 0) is 19.6 Å². The number of amides is 2. The minimum Gasteiger partial charge on any atom is -0.378 e. The average molecular weight is 441 g/mol. The van der Waals surface area contributed by atoms with E-state index in [0.29, 0.717) is 19.6 Å². The molecule has 0 bridgehead atoms. The molecule has 0 spiro atoms. The first-order chi connectivity index (χ1) is 15.9. The first-order valence-corrected chi connectivity index (χ1v) is 11.2. The zero-order chi connectivity index (χ0) is 23.1. The predicted molar refractivity (Wildman–Crippen MR) is 130 cm³/mol. The summed E-state index contributed by atoms with van der Waals surface area (Å²) in [5, 5.41) is 6.65. The van der Waals surface area contributed by atoms with Crippen LogP contribution in [0.3, 0.4) is 0 Å². The molecule has 0 saturated carbocycles. The number of rotatable bonds is 4. The molecule has 1 aliphatic rings. The highest BCUT2D eigenvalue weighted by Gasteiger charge is 2.24. The second-order valence-electron chi connectivity index (χ2n) is 8.77. The summed E-state index contributed by atoms with van der Waals surface area (Å²) in [6, 6.07) is 10.2. The molecule has 7 heteroatoms. The maximum absolute atomic E-state index is 13.0. The second-order valence-corrected chi connectivity index (χ2v) is 8.77. The Kier molecular flexibility index (Phi) is 5.24. The van der Waals surface area contributed by atoms with E-state index in [1.807, 2.05) is 42.8 Å². The van der Waals surface area contributed by atoms with Gasteiger partial charge in [0.05, 0.1) is 17.1 Å². The molecule has 0 fully saturated rings. The Morgan fingerprint density at radius 3 is 2.58 bits per heavy atom. The van der Waals surface area contributed by atoms with Crippen LogP contribution < -0.4 is 10.6 Å². The van der Waals surface area contributed by atoms with Crippen molar-refractivity contribution in [3.63, 3.8) is 0 Å². The van der Waals surface area contributed by atoms with Gasteiger partial charge in [0.1, 0.15) is 0 Å². The van der Waals surface area contributed by atoms with E-state index in [4.69, 9.17) is 4.98 Å². The van der Waals surface area contributed by atoms with Crippen LogP contribution >= 0.6 is 0 Å². The molecule has 0 aliphatic carbocycles. The lowest BCUT2D eigenvalue weighted by molar-refractivity contribution is 0.212.